The normalized spacial score (nSPS) is 14.7. The van der Waals surface area contributed by atoms with Gasteiger partial charge < -0.3 is 0 Å². The Balaban J connectivity index is 1.67. The van der Waals surface area contributed by atoms with Gasteiger partial charge in [-0.25, -0.2) is 0 Å². The molecule has 0 aliphatic carbocycles. The zero-order valence-corrected chi connectivity index (χ0v) is 12.2. The molecule has 0 radical (unpaired) electrons. The van der Waals surface area contributed by atoms with E-state index in [9.17, 15) is 0 Å². The number of likely N-dealkylation sites (tertiary alicyclic amines) is 1. The molecule has 21 heavy (non-hydrogen) atoms. The first-order valence-electron chi connectivity index (χ1n) is 7.42. The predicted molar refractivity (Wildman–Crippen MR) is 84.9 cm³/mol. The lowest BCUT2D eigenvalue weighted by atomic mass is 10.4. The number of pyridine rings is 1. The monoisotopic (exact) mass is 280 g/mol. The molecule has 3 rings (SSSR count). The molecule has 0 saturated carbocycles. The summed E-state index contributed by atoms with van der Waals surface area (Å²) in [5.74, 6) is 6.59. The number of hydrogen-bond donors (Lipinski definition) is 0. The van der Waals surface area contributed by atoms with Crippen LogP contribution in [-0.4, -0.2) is 40.7 Å². The van der Waals surface area contributed by atoms with E-state index in [1.165, 1.54) is 25.9 Å². The van der Waals surface area contributed by atoms with Gasteiger partial charge >= 0.3 is 0 Å². The molecule has 4 heteroatoms. The Morgan fingerprint density at radius 3 is 2.48 bits per heavy atom. The van der Waals surface area contributed by atoms with Crippen molar-refractivity contribution in [3.63, 3.8) is 0 Å². The summed E-state index contributed by atoms with van der Waals surface area (Å²) in [7, 11) is 0. The highest BCUT2D eigenvalue weighted by molar-refractivity contribution is 5.45. The van der Waals surface area contributed by atoms with Gasteiger partial charge in [0.2, 0.25) is 0 Å². The van der Waals surface area contributed by atoms with Crippen molar-refractivity contribution in [2.45, 2.75) is 12.8 Å². The Morgan fingerprint density at radius 1 is 1.05 bits per heavy atom. The van der Waals surface area contributed by atoms with Crippen molar-refractivity contribution in [3.05, 3.63) is 49.1 Å². The average molecular weight is 280 g/mol. The SMILES string of the molecule is C(#CCN(c1ccncc1)n1cccc1)CN1CCCC1. The van der Waals surface area contributed by atoms with Crippen LogP contribution in [0.15, 0.2) is 49.1 Å². The van der Waals surface area contributed by atoms with Gasteiger partial charge in [0.25, 0.3) is 0 Å². The fourth-order valence-corrected chi connectivity index (χ4v) is 2.55. The first-order chi connectivity index (χ1) is 10.4. The Hall–Kier alpha value is -2.25. The molecule has 0 aromatic carbocycles. The molecule has 0 amide bonds. The van der Waals surface area contributed by atoms with E-state index < -0.39 is 0 Å². The zero-order valence-electron chi connectivity index (χ0n) is 12.2. The second-order valence-electron chi connectivity index (χ2n) is 5.16. The summed E-state index contributed by atoms with van der Waals surface area (Å²) in [6.45, 7) is 3.95. The zero-order chi connectivity index (χ0) is 14.3. The average Bonchev–Trinajstić information content (AvgIpc) is 3.21. The fraction of sp³-hybridized carbons (Fsp3) is 0.353. The van der Waals surface area contributed by atoms with Gasteiger partial charge in [-0.3, -0.25) is 19.6 Å². The molecule has 2 aromatic rings. The number of aromatic nitrogens is 2. The molecule has 0 atom stereocenters. The van der Waals surface area contributed by atoms with Gasteiger partial charge in [0.15, 0.2) is 0 Å². The smallest absolute Gasteiger partial charge is 0.101 e. The Labute approximate surface area is 126 Å². The minimum Gasteiger partial charge on any atom is -0.292 e. The van der Waals surface area contributed by atoms with E-state index in [0.29, 0.717) is 6.54 Å². The van der Waals surface area contributed by atoms with Crippen molar-refractivity contribution < 1.29 is 0 Å². The fourth-order valence-electron chi connectivity index (χ4n) is 2.55. The van der Waals surface area contributed by atoms with Crippen molar-refractivity contribution in [1.82, 2.24) is 14.6 Å². The minimum absolute atomic E-state index is 0.673. The third kappa shape index (κ3) is 3.65. The Morgan fingerprint density at radius 2 is 1.76 bits per heavy atom. The van der Waals surface area contributed by atoms with Crippen LogP contribution in [0.4, 0.5) is 5.69 Å². The molecule has 0 unspecified atom stereocenters. The minimum atomic E-state index is 0.673. The van der Waals surface area contributed by atoms with Crippen LogP contribution in [0.1, 0.15) is 12.8 Å². The van der Waals surface area contributed by atoms with Crippen LogP contribution in [0.25, 0.3) is 0 Å². The highest BCUT2D eigenvalue weighted by Gasteiger charge is 2.09. The van der Waals surface area contributed by atoms with E-state index in [0.717, 1.165) is 12.2 Å². The van der Waals surface area contributed by atoms with Gasteiger partial charge in [-0.2, -0.15) is 0 Å². The van der Waals surface area contributed by atoms with E-state index in [-0.39, 0.29) is 0 Å². The highest BCUT2D eigenvalue weighted by atomic mass is 15.5. The summed E-state index contributed by atoms with van der Waals surface area (Å²) in [6.07, 6.45) is 10.3. The second-order valence-corrected chi connectivity index (χ2v) is 5.16. The number of anilines is 1. The number of hydrogen-bond acceptors (Lipinski definition) is 3. The second kappa shape index (κ2) is 6.96. The molecular weight excluding hydrogens is 260 g/mol. The molecule has 0 N–H and O–H groups in total. The molecular formula is C17H20N4. The lowest BCUT2D eigenvalue weighted by molar-refractivity contribution is 0.383. The van der Waals surface area contributed by atoms with E-state index >= 15 is 0 Å². The summed E-state index contributed by atoms with van der Waals surface area (Å²) < 4.78 is 2.06. The molecule has 3 heterocycles. The third-order valence-corrected chi connectivity index (χ3v) is 3.68. The van der Waals surface area contributed by atoms with Crippen molar-refractivity contribution >= 4 is 5.69 Å². The molecule has 1 saturated heterocycles. The van der Waals surface area contributed by atoms with Crippen molar-refractivity contribution in [2.24, 2.45) is 0 Å². The molecule has 0 spiro atoms. The molecule has 0 bridgehead atoms. The largest absolute Gasteiger partial charge is 0.292 e. The molecule has 1 aliphatic rings. The highest BCUT2D eigenvalue weighted by Crippen LogP contribution is 2.13. The van der Waals surface area contributed by atoms with Gasteiger partial charge in [0.1, 0.15) is 6.54 Å². The summed E-state index contributed by atoms with van der Waals surface area (Å²) in [6, 6.07) is 8.04. The molecule has 1 fully saturated rings. The van der Waals surface area contributed by atoms with Crippen LogP contribution in [0, 0.1) is 11.8 Å². The summed E-state index contributed by atoms with van der Waals surface area (Å²) >= 11 is 0. The number of rotatable bonds is 4. The Bertz CT molecular complexity index is 589. The maximum absolute atomic E-state index is 4.08. The van der Waals surface area contributed by atoms with Gasteiger partial charge in [-0.15, -0.1) is 0 Å². The predicted octanol–water partition coefficient (Wildman–Crippen LogP) is 2.25. The first-order valence-corrected chi connectivity index (χ1v) is 7.42. The molecule has 1 aliphatic heterocycles. The lowest BCUT2D eigenvalue weighted by Crippen LogP contribution is -2.28. The van der Waals surface area contributed by atoms with Gasteiger partial charge in [-0.05, 0) is 50.2 Å². The number of nitrogens with zero attached hydrogens (tertiary/aromatic N) is 4. The van der Waals surface area contributed by atoms with Crippen molar-refractivity contribution in [2.75, 3.05) is 31.2 Å². The molecule has 2 aromatic heterocycles. The quantitative estimate of drug-likeness (QED) is 0.803. The summed E-state index contributed by atoms with van der Waals surface area (Å²) in [5, 5.41) is 2.14. The third-order valence-electron chi connectivity index (χ3n) is 3.68. The van der Waals surface area contributed by atoms with Crippen molar-refractivity contribution in [3.8, 4) is 11.8 Å². The van der Waals surface area contributed by atoms with Crippen LogP contribution < -0.4 is 5.01 Å². The first kappa shape index (κ1) is 13.7. The van der Waals surface area contributed by atoms with Gasteiger partial charge in [-0.1, -0.05) is 11.8 Å². The van der Waals surface area contributed by atoms with Gasteiger partial charge in [0.05, 0.1) is 12.2 Å². The van der Waals surface area contributed by atoms with E-state index in [2.05, 4.69) is 31.4 Å². The maximum atomic E-state index is 4.08. The molecule has 4 nitrogen and oxygen atoms in total. The van der Waals surface area contributed by atoms with Crippen LogP contribution in [0.3, 0.4) is 0 Å². The molecule has 108 valence electrons. The Kier molecular flexibility index (Phi) is 4.55. The van der Waals surface area contributed by atoms with E-state index in [4.69, 9.17) is 0 Å². The van der Waals surface area contributed by atoms with E-state index in [1.54, 1.807) is 0 Å². The maximum Gasteiger partial charge on any atom is 0.101 e. The summed E-state index contributed by atoms with van der Waals surface area (Å²) in [5.41, 5.74) is 1.09. The van der Waals surface area contributed by atoms with Crippen molar-refractivity contribution in [1.29, 1.82) is 0 Å². The van der Waals surface area contributed by atoms with Crippen LogP contribution >= 0.6 is 0 Å². The lowest BCUT2D eigenvalue weighted by Gasteiger charge is -2.23. The van der Waals surface area contributed by atoms with Crippen LogP contribution in [-0.2, 0) is 0 Å². The summed E-state index contributed by atoms with van der Waals surface area (Å²) in [4.78, 5) is 6.50. The van der Waals surface area contributed by atoms with Gasteiger partial charge in [0, 0.05) is 24.8 Å². The van der Waals surface area contributed by atoms with Crippen LogP contribution in [0.2, 0.25) is 0 Å². The van der Waals surface area contributed by atoms with Crippen LogP contribution in [0.5, 0.6) is 0 Å². The van der Waals surface area contributed by atoms with E-state index in [1.807, 2.05) is 49.1 Å². The standard InChI is InChI=1S/C17H20N4/c1-2-12-19(11-1)13-3-6-16-21(20-14-4-5-15-20)17-7-9-18-10-8-17/h4-5,7-10,14-15H,1-2,11-13,16H2. The topological polar surface area (TPSA) is 24.3 Å².